The molecule has 0 fully saturated rings. The lowest BCUT2D eigenvalue weighted by atomic mass is 10.0. The van der Waals surface area contributed by atoms with Crippen LogP contribution in [0.3, 0.4) is 0 Å². The summed E-state index contributed by atoms with van der Waals surface area (Å²) in [6, 6.07) is 29.5. The topological polar surface area (TPSA) is 110 Å². The van der Waals surface area contributed by atoms with Crippen molar-refractivity contribution >= 4 is 17.7 Å². The minimum Gasteiger partial charge on any atom is -0.444 e. The standard InChI is InChI=1S/C31H26N6O3/c1-37(31(39)40-21-23-14-6-3-7-15-23)29-26(30(38)34-20-22-12-4-2-5-13-22)27(24-16-8-10-18-32-24)35-36-28(29)25-17-9-11-19-33-25/h2-19H,20-21H2,1H3,(H,34,38). The van der Waals surface area contributed by atoms with Crippen LogP contribution in [0, 0.1) is 0 Å². The summed E-state index contributed by atoms with van der Waals surface area (Å²) in [7, 11) is 1.53. The van der Waals surface area contributed by atoms with Crippen molar-refractivity contribution in [1.82, 2.24) is 25.5 Å². The predicted octanol–water partition coefficient (Wildman–Crippen LogP) is 5.30. The molecule has 0 aliphatic carbocycles. The molecule has 3 heterocycles. The molecule has 0 atom stereocenters. The summed E-state index contributed by atoms with van der Waals surface area (Å²) in [5.74, 6) is -0.450. The Balaban J connectivity index is 1.61. The molecule has 198 valence electrons. The molecule has 5 rings (SSSR count). The Morgan fingerprint density at radius 3 is 1.88 bits per heavy atom. The average Bonchev–Trinajstić information content (AvgIpc) is 3.03. The molecule has 0 unspecified atom stereocenters. The summed E-state index contributed by atoms with van der Waals surface area (Å²) in [5.41, 5.74) is 3.43. The largest absolute Gasteiger partial charge is 0.444 e. The molecule has 2 amide bonds. The number of hydrogen-bond donors (Lipinski definition) is 1. The summed E-state index contributed by atoms with van der Waals surface area (Å²) < 4.78 is 5.62. The van der Waals surface area contributed by atoms with Gasteiger partial charge in [-0.05, 0) is 35.4 Å². The number of carbonyl (C=O) groups is 2. The van der Waals surface area contributed by atoms with Crippen LogP contribution in [0.15, 0.2) is 109 Å². The molecule has 0 radical (unpaired) electrons. The zero-order chi connectivity index (χ0) is 27.7. The molecule has 9 heteroatoms. The second-order valence-electron chi connectivity index (χ2n) is 8.82. The van der Waals surface area contributed by atoms with Crippen LogP contribution in [0.25, 0.3) is 22.8 Å². The quantitative estimate of drug-likeness (QED) is 0.290. The molecule has 3 aromatic heterocycles. The number of nitrogens with one attached hydrogen (secondary N) is 1. The van der Waals surface area contributed by atoms with E-state index < -0.39 is 12.0 Å². The first-order chi connectivity index (χ1) is 19.6. The minimum atomic E-state index is -0.668. The van der Waals surface area contributed by atoms with E-state index in [1.54, 1.807) is 48.8 Å². The van der Waals surface area contributed by atoms with Gasteiger partial charge in [-0.3, -0.25) is 19.7 Å². The lowest BCUT2D eigenvalue weighted by Crippen LogP contribution is -2.33. The van der Waals surface area contributed by atoms with Crippen LogP contribution in [0.2, 0.25) is 0 Å². The first-order valence-corrected chi connectivity index (χ1v) is 12.6. The fourth-order valence-electron chi connectivity index (χ4n) is 4.10. The van der Waals surface area contributed by atoms with Crippen LogP contribution < -0.4 is 10.2 Å². The molecule has 5 aromatic rings. The van der Waals surface area contributed by atoms with E-state index in [1.165, 1.54) is 11.9 Å². The van der Waals surface area contributed by atoms with E-state index in [9.17, 15) is 9.59 Å². The van der Waals surface area contributed by atoms with Gasteiger partial charge in [-0.25, -0.2) is 4.79 Å². The maximum absolute atomic E-state index is 13.9. The number of pyridine rings is 2. The predicted molar refractivity (Wildman–Crippen MR) is 151 cm³/mol. The van der Waals surface area contributed by atoms with Crippen LogP contribution in [0.5, 0.6) is 0 Å². The zero-order valence-corrected chi connectivity index (χ0v) is 21.8. The molecule has 40 heavy (non-hydrogen) atoms. The molecule has 9 nitrogen and oxygen atoms in total. The average molecular weight is 531 g/mol. The number of aromatic nitrogens is 4. The highest BCUT2D eigenvalue weighted by atomic mass is 16.6. The Labute approximate surface area is 231 Å². The van der Waals surface area contributed by atoms with Crippen molar-refractivity contribution in [2.45, 2.75) is 13.2 Å². The van der Waals surface area contributed by atoms with Gasteiger partial charge >= 0.3 is 6.09 Å². The normalized spacial score (nSPS) is 10.5. The van der Waals surface area contributed by atoms with Gasteiger partial charge in [0.25, 0.3) is 5.91 Å². The van der Waals surface area contributed by atoms with Crippen molar-refractivity contribution in [2.24, 2.45) is 0 Å². The number of hydrogen-bond acceptors (Lipinski definition) is 7. The van der Waals surface area contributed by atoms with Crippen molar-refractivity contribution in [3.8, 4) is 22.8 Å². The second-order valence-corrected chi connectivity index (χ2v) is 8.82. The van der Waals surface area contributed by atoms with E-state index in [4.69, 9.17) is 4.74 Å². The van der Waals surface area contributed by atoms with Gasteiger partial charge in [0.05, 0.1) is 22.6 Å². The molecule has 0 saturated heterocycles. The number of nitrogens with zero attached hydrogens (tertiary/aromatic N) is 5. The fraction of sp³-hybridized carbons (Fsp3) is 0.0968. The Morgan fingerprint density at radius 1 is 0.725 bits per heavy atom. The van der Waals surface area contributed by atoms with Crippen LogP contribution in [0.4, 0.5) is 10.5 Å². The lowest BCUT2D eigenvalue weighted by Gasteiger charge is -2.23. The number of rotatable bonds is 8. The second kappa shape index (κ2) is 12.4. The van der Waals surface area contributed by atoms with Crippen molar-refractivity contribution in [3.63, 3.8) is 0 Å². The maximum Gasteiger partial charge on any atom is 0.414 e. The maximum atomic E-state index is 13.9. The number of anilines is 1. The molecule has 0 aliphatic rings. The van der Waals surface area contributed by atoms with E-state index in [0.29, 0.717) is 11.4 Å². The van der Waals surface area contributed by atoms with E-state index in [-0.39, 0.29) is 35.8 Å². The van der Waals surface area contributed by atoms with E-state index in [1.807, 2.05) is 60.7 Å². The van der Waals surface area contributed by atoms with Gasteiger partial charge in [0.1, 0.15) is 18.0 Å². The third-order valence-electron chi connectivity index (χ3n) is 6.10. The molecular formula is C31H26N6O3. The molecular weight excluding hydrogens is 504 g/mol. The number of amides is 2. The van der Waals surface area contributed by atoms with E-state index in [0.717, 1.165) is 11.1 Å². The molecule has 0 saturated carbocycles. The smallest absolute Gasteiger partial charge is 0.414 e. The van der Waals surface area contributed by atoms with Crippen LogP contribution in [0.1, 0.15) is 21.5 Å². The fourth-order valence-corrected chi connectivity index (χ4v) is 4.10. The van der Waals surface area contributed by atoms with Gasteiger partial charge in [-0.1, -0.05) is 72.8 Å². The highest BCUT2D eigenvalue weighted by Crippen LogP contribution is 2.35. The van der Waals surface area contributed by atoms with Crippen LogP contribution in [-0.4, -0.2) is 39.2 Å². The first-order valence-electron chi connectivity index (χ1n) is 12.6. The van der Waals surface area contributed by atoms with Gasteiger partial charge in [0.2, 0.25) is 0 Å². The van der Waals surface area contributed by atoms with E-state index >= 15 is 0 Å². The summed E-state index contributed by atoms with van der Waals surface area (Å²) >= 11 is 0. The summed E-state index contributed by atoms with van der Waals surface area (Å²) in [5, 5.41) is 11.8. The third-order valence-corrected chi connectivity index (χ3v) is 6.10. The Hall–Kier alpha value is -5.44. The van der Waals surface area contributed by atoms with Crippen molar-refractivity contribution < 1.29 is 14.3 Å². The van der Waals surface area contributed by atoms with E-state index in [2.05, 4.69) is 25.5 Å². The zero-order valence-electron chi connectivity index (χ0n) is 21.8. The monoisotopic (exact) mass is 530 g/mol. The first kappa shape index (κ1) is 26.2. The summed E-state index contributed by atoms with van der Waals surface area (Å²) in [4.78, 5) is 37.4. The highest BCUT2D eigenvalue weighted by Gasteiger charge is 2.30. The number of carbonyl (C=O) groups excluding carboxylic acids is 2. The Morgan fingerprint density at radius 2 is 1.27 bits per heavy atom. The van der Waals surface area contributed by atoms with Crippen LogP contribution in [-0.2, 0) is 17.9 Å². The molecule has 0 spiro atoms. The van der Waals surface area contributed by atoms with Gasteiger partial charge in [0.15, 0.2) is 0 Å². The van der Waals surface area contributed by atoms with Gasteiger partial charge in [0, 0.05) is 26.0 Å². The Kier molecular flexibility index (Phi) is 8.12. The lowest BCUT2D eigenvalue weighted by molar-refractivity contribution is 0.0951. The van der Waals surface area contributed by atoms with Gasteiger partial charge < -0.3 is 10.1 Å². The molecule has 0 aliphatic heterocycles. The summed E-state index contributed by atoms with van der Waals surface area (Å²) in [6.07, 6.45) is 2.54. The van der Waals surface area contributed by atoms with Crippen molar-refractivity contribution in [2.75, 3.05) is 11.9 Å². The van der Waals surface area contributed by atoms with Crippen molar-refractivity contribution in [1.29, 1.82) is 0 Å². The van der Waals surface area contributed by atoms with Crippen molar-refractivity contribution in [3.05, 3.63) is 126 Å². The van der Waals surface area contributed by atoms with Gasteiger partial charge in [-0.2, -0.15) is 0 Å². The SMILES string of the molecule is CN(C(=O)OCc1ccccc1)c1c(-c2ccccn2)nnc(-c2ccccn2)c1C(=O)NCc1ccccc1. The minimum absolute atomic E-state index is 0.0596. The third kappa shape index (κ3) is 5.99. The number of ether oxygens (including phenoxy) is 1. The Bertz CT molecular complexity index is 1580. The van der Waals surface area contributed by atoms with Crippen LogP contribution >= 0.6 is 0 Å². The van der Waals surface area contributed by atoms with Gasteiger partial charge in [-0.15, -0.1) is 10.2 Å². The summed E-state index contributed by atoms with van der Waals surface area (Å²) in [6.45, 7) is 0.328. The molecule has 0 bridgehead atoms. The molecule has 1 N–H and O–H groups in total. The molecule has 2 aromatic carbocycles. The number of benzene rings is 2. The highest BCUT2D eigenvalue weighted by molar-refractivity contribution is 6.10.